The van der Waals surface area contributed by atoms with Crippen LogP contribution in [-0.4, -0.2) is 23.9 Å². The zero-order valence-corrected chi connectivity index (χ0v) is 12.6. The van der Waals surface area contributed by atoms with Crippen molar-refractivity contribution < 1.29 is 14.2 Å². The molecule has 0 atom stereocenters. The number of rotatable bonds is 3. The van der Waals surface area contributed by atoms with Gasteiger partial charge in [0.05, 0.1) is 12.8 Å². The fraction of sp³-hybridized carbons (Fsp3) is 0.176. The standard InChI is InChI=1S/C17H15N3O3/c1-21-14-4-2-3-11-12(19-17(18)20-16(11)14)7-10-5-6-13-15(8-10)23-9-22-13/h2-6,8H,7,9H2,1H3,(H2,18,19,20). The maximum atomic E-state index is 5.87. The smallest absolute Gasteiger partial charge is 0.231 e. The maximum Gasteiger partial charge on any atom is 0.231 e. The average molecular weight is 309 g/mol. The molecular formula is C17H15N3O3. The summed E-state index contributed by atoms with van der Waals surface area (Å²) in [5, 5.41) is 0.927. The number of nitrogen functional groups attached to an aromatic ring is 1. The van der Waals surface area contributed by atoms with Gasteiger partial charge in [-0.1, -0.05) is 18.2 Å². The van der Waals surface area contributed by atoms with Gasteiger partial charge in [0.15, 0.2) is 11.5 Å². The second-order valence-corrected chi connectivity index (χ2v) is 5.25. The van der Waals surface area contributed by atoms with Gasteiger partial charge >= 0.3 is 0 Å². The van der Waals surface area contributed by atoms with Crippen LogP contribution in [0.15, 0.2) is 36.4 Å². The van der Waals surface area contributed by atoms with E-state index >= 15 is 0 Å². The van der Waals surface area contributed by atoms with E-state index in [1.807, 2.05) is 36.4 Å². The van der Waals surface area contributed by atoms with Crippen LogP contribution in [0.5, 0.6) is 17.2 Å². The van der Waals surface area contributed by atoms with Crippen LogP contribution in [0.4, 0.5) is 5.95 Å². The predicted molar refractivity (Wildman–Crippen MR) is 85.9 cm³/mol. The molecule has 0 saturated carbocycles. The lowest BCUT2D eigenvalue weighted by Gasteiger charge is -2.10. The Bertz CT molecular complexity index is 896. The third-order valence-electron chi connectivity index (χ3n) is 3.81. The summed E-state index contributed by atoms with van der Waals surface area (Å²) >= 11 is 0. The number of nitrogens with two attached hydrogens (primary N) is 1. The fourth-order valence-corrected chi connectivity index (χ4v) is 2.75. The number of hydrogen-bond acceptors (Lipinski definition) is 6. The highest BCUT2D eigenvalue weighted by molar-refractivity contribution is 5.87. The maximum absolute atomic E-state index is 5.87. The van der Waals surface area contributed by atoms with E-state index in [-0.39, 0.29) is 12.7 Å². The van der Waals surface area contributed by atoms with Crippen molar-refractivity contribution in [3.8, 4) is 17.2 Å². The summed E-state index contributed by atoms with van der Waals surface area (Å²) in [6, 6.07) is 11.6. The normalized spacial score (nSPS) is 12.6. The minimum absolute atomic E-state index is 0.234. The zero-order valence-electron chi connectivity index (χ0n) is 12.6. The molecule has 116 valence electrons. The van der Waals surface area contributed by atoms with Crippen LogP contribution in [0.1, 0.15) is 11.3 Å². The van der Waals surface area contributed by atoms with Gasteiger partial charge in [-0.25, -0.2) is 9.97 Å². The van der Waals surface area contributed by atoms with Crippen LogP contribution < -0.4 is 19.9 Å². The minimum Gasteiger partial charge on any atom is -0.494 e. The van der Waals surface area contributed by atoms with Crippen LogP contribution >= 0.6 is 0 Å². The van der Waals surface area contributed by atoms with Gasteiger partial charge in [0.2, 0.25) is 12.7 Å². The van der Waals surface area contributed by atoms with Crippen molar-refractivity contribution >= 4 is 16.9 Å². The lowest BCUT2D eigenvalue weighted by atomic mass is 10.0. The van der Waals surface area contributed by atoms with E-state index in [0.29, 0.717) is 12.2 Å². The molecule has 0 spiro atoms. The molecule has 0 fully saturated rings. The molecule has 1 aromatic heterocycles. The van der Waals surface area contributed by atoms with Gasteiger partial charge < -0.3 is 19.9 Å². The Labute approximate surface area is 132 Å². The summed E-state index contributed by atoms with van der Waals surface area (Å²) in [7, 11) is 1.62. The molecule has 0 unspecified atom stereocenters. The summed E-state index contributed by atoms with van der Waals surface area (Å²) < 4.78 is 16.1. The van der Waals surface area contributed by atoms with Gasteiger partial charge in [0.1, 0.15) is 11.3 Å². The number of nitrogens with zero attached hydrogens (tertiary/aromatic N) is 2. The molecule has 0 aliphatic carbocycles. The monoisotopic (exact) mass is 309 g/mol. The molecule has 2 aromatic carbocycles. The first-order valence-corrected chi connectivity index (χ1v) is 7.22. The van der Waals surface area contributed by atoms with E-state index in [0.717, 1.165) is 33.7 Å². The Kier molecular flexibility index (Phi) is 3.15. The van der Waals surface area contributed by atoms with Crippen LogP contribution in [-0.2, 0) is 6.42 Å². The molecule has 6 nitrogen and oxygen atoms in total. The molecule has 0 saturated heterocycles. The highest BCUT2D eigenvalue weighted by Gasteiger charge is 2.15. The van der Waals surface area contributed by atoms with Crippen molar-refractivity contribution in [1.82, 2.24) is 9.97 Å². The molecule has 6 heteroatoms. The molecule has 1 aliphatic rings. The van der Waals surface area contributed by atoms with Crippen molar-refractivity contribution in [3.63, 3.8) is 0 Å². The Morgan fingerprint density at radius 3 is 2.87 bits per heavy atom. The van der Waals surface area contributed by atoms with Gasteiger partial charge in [0, 0.05) is 11.8 Å². The third-order valence-corrected chi connectivity index (χ3v) is 3.81. The molecule has 3 aromatic rings. The van der Waals surface area contributed by atoms with Gasteiger partial charge in [0.25, 0.3) is 0 Å². The lowest BCUT2D eigenvalue weighted by molar-refractivity contribution is 0.174. The molecule has 23 heavy (non-hydrogen) atoms. The highest BCUT2D eigenvalue weighted by Crippen LogP contribution is 2.34. The number of methoxy groups -OCH3 is 1. The number of fused-ring (bicyclic) bond motifs is 2. The van der Waals surface area contributed by atoms with E-state index in [2.05, 4.69) is 9.97 Å². The van der Waals surface area contributed by atoms with Crippen molar-refractivity contribution in [3.05, 3.63) is 47.7 Å². The summed E-state index contributed by atoms with van der Waals surface area (Å²) in [5.41, 5.74) is 8.51. The largest absolute Gasteiger partial charge is 0.494 e. The highest BCUT2D eigenvalue weighted by atomic mass is 16.7. The van der Waals surface area contributed by atoms with Crippen molar-refractivity contribution in [1.29, 1.82) is 0 Å². The molecule has 2 N–H and O–H groups in total. The van der Waals surface area contributed by atoms with E-state index in [1.54, 1.807) is 7.11 Å². The Morgan fingerprint density at radius 1 is 1.13 bits per heavy atom. The second kappa shape index (κ2) is 5.31. The summed E-state index contributed by atoms with van der Waals surface area (Å²) in [4.78, 5) is 8.71. The molecular weight excluding hydrogens is 294 g/mol. The van der Waals surface area contributed by atoms with E-state index in [4.69, 9.17) is 19.9 Å². The Balaban J connectivity index is 1.79. The molecule has 0 amide bonds. The number of aromatic nitrogens is 2. The van der Waals surface area contributed by atoms with E-state index in [9.17, 15) is 0 Å². The van der Waals surface area contributed by atoms with Crippen molar-refractivity contribution in [2.75, 3.05) is 19.6 Å². The topological polar surface area (TPSA) is 79.5 Å². The first kappa shape index (κ1) is 13.6. The average Bonchev–Trinajstić information content (AvgIpc) is 3.02. The van der Waals surface area contributed by atoms with Crippen LogP contribution in [0.3, 0.4) is 0 Å². The quantitative estimate of drug-likeness (QED) is 0.801. The molecule has 0 bridgehead atoms. The van der Waals surface area contributed by atoms with Crippen molar-refractivity contribution in [2.45, 2.75) is 6.42 Å². The number of ether oxygens (including phenoxy) is 3. The lowest BCUT2D eigenvalue weighted by Crippen LogP contribution is -2.02. The van der Waals surface area contributed by atoms with E-state index in [1.165, 1.54) is 0 Å². The fourth-order valence-electron chi connectivity index (χ4n) is 2.75. The Morgan fingerprint density at radius 2 is 2.00 bits per heavy atom. The van der Waals surface area contributed by atoms with Gasteiger partial charge in [-0.15, -0.1) is 0 Å². The number of para-hydroxylation sites is 1. The zero-order chi connectivity index (χ0) is 15.8. The number of benzene rings is 2. The third kappa shape index (κ3) is 2.38. The van der Waals surface area contributed by atoms with Crippen LogP contribution in [0, 0.1) is 0 Å². The number of anilines is 1. The van der Waals surface area contributed by atoms with Crippen LogP contribution in [0.25, 0.3) is 10.9 Å². The Hall–Kier alpha value is -3.02. The first-order valence-electron chi connectivity index (χ1n) is 7.22. The van der Waals surface area contributed by atoms with Crippen LogP contribution in [0.2, 0.25) is 0 Å². The second-order valence-electron chi connectivity index (χ2n) is 5.25. The predicted octanol–water partition coefficient (Wildman–Crippen LogP) is 2.54. The summed E-state index contributed by atoms with van der Waals surface area (Å²) in [6.45, 7) is 0.263. The van der Waals surface area contributed by atoms with Gasteiger partial charge in [-0.05, 0) is 23.8 Å². The summed E-state index contributed by atoms with van der Waals surface area (Å²) in [5.74, 6) is 2.44. The SMILES string of the molecule is COc1cccc2c(Cc3ccc4c(c3)OCO4)nc(N)nc12. The van der Waals surface area contributed by atoms with Gasteiger partial charge in [-0.2, -0.15) is 0 Å². The summed E-state index contributed by atoms with van der Waals surface area (Å²) in [6.07, 6.45) is 0.618. The molecule has 0 radical (unpaired) electrons. The molecule has 4 rings (SSSR count). The van der Waals surface area contributed by atoms with E-state index < -0.39 is 0 Å². The minimum atomic E-state index is 0.234. The first-order chi connectivity index (χ1) is 11.2. The van der Waals surface area contributed by atoms with Gasteiger partial charge in [-0.3, -0.25) is 0 Å². The van der Waals surface area contributed by atoms with Crippen molar-refractivity contribution in [2.24, 2.45) is 0 Å². The number of hydrogen-bond donors (Lipinski definition) is 1. The molecule has 2 heterocycles. The molecule has 1 aliphatic heterocycles.